The Bertz CT molecular complexity index is 450. The summed E-state index contributed by atoms with van der Waals surface area (Å²) >= 11 is 1.24. The molecular formula is C10H15NO3S2. The van der Waals surface area contributed by atoms with E-state index in [1.165, 1.54) is 21.7 Å². The zero-order valence-corrected chi connectivity index (χ0v) is 10.7. The Balaban J connectivity index is 3.14. The first-order valence-electron chi connectivity index (χ1n) is 4.86. The van der Waals surface area contributed by atoms with Crippen LogP contribution in [0.4, 0.5) is 0 Å². The van der Waals surface area contributed by atoms with Crippen molar-refractivity contribution in [2.24, 2.45) is 0 Å². The molecule has 0 aliphatic rings. The highest BCUT2D eigenvalue weighted by atomic mass is 32.2. The van der Waals surface area contributed by atoms with E-state index in [-0.39, 0.29) is 18.0 Å². The van der Waals surface area contributed by atoms with Gasteiger partial charge in [0.2, 0.25) is 10.0 Å². The first kappa shape index (κ1) is 13.4. The van der Waals surface area contributed by atoms with E-state index in [1.807, 2.05) is 0 Å². The average molecular weight is 261 g/mol. The summed E-state index contributed by atoms with van der Waals surface area (Å²) in [5.41, 5.74) is 0. The molecule has 0 saturated heterocycles. The van der Waals surface area contributed by atoms with E-state index in [9.17, 15) is 8.42 Å². The Kier molecular flexibility index (Phi) is 4.67. The average Bonchev–Trinajstić information content (AvgIpc) is 2.74. The van der Waals surface area contributed by atoms with E-state index in [0.717, 1.165) is 0 Å². The summed E-state index contributed by atoms with van der Waals surface area (Å²) in [4.78, 5) is 0.672. The minimum Gasteiger partial charge on any atom is -0.391 e. The molecule has 1 heterocycles. The molecule has 1 aromatic heterocycles. The van der Waals surface area contributed by atoms with Gasteiger partial charge < -0.3 is 5.11 Å². The first-order chi connectivity index (χ1) is 7.57. The molecular weight excluding hydrogens is 246 g/mol. The van der Waals surface area contributed by atoms with Gasteiger partial charge >= 0.3 is 0 Å². The lowest BCUT2D eigenvalue weighted by Crippen LogP contribution is -2.31. The highest BCUT2D eigenvalue weighted by molar-refractivity contribution is 7.89. The number of hydrogen-bond donors (Lipinski definition) is 1. The molecule has 1 N–H and O–H groups in total. The zero-order valence-electron chi connectivity index (χ0n) is 9.09. The van der Waals surface area contributed by atoms with Crippen molar-refractivity contribution in [3.05, 3.63) is 29.0 Å². The normalized spacial score (nSPS) is 11.9. The number of aliphatic hydroxyl groups is 1. The Labute approximate surface area is 99.9 Å². The lowest BCUT2D eigenvalue weighted by atomic mass is 10.5. The van der Waals surface area contributed by atoms with E-state index in [1.54, 1.807) is 18.4 Å². The van der Waals surface area contributed by atoms with Crippen molar-refractivity contribution >= 4 is 21.4 Å². The standard InChI is InChI=1S/C10H15NO3S2/c1-3-6-11(4-2)16(13,14)10-5-7-15-9(10)8-12/h3,5,7,12H,1,4,6,8H2,2H3. The molecule has 6 heteroatoms. The minimum atomic E-state index is -3.50. The van der Waals surface area contributed by atoms with Crippen LogP contribution in [-0.2, 0) is 16.6 Å². The Morgan fingerprint density at radius 2 is 2.31 bits per heavy atom. The summed E-state index contributed by atoms with van der Waals surface area (Å²) in [6.45, 7) is 5.71. The number of thiophene rings is 1. The fraction of sp³-hybridized carbons (Fsp3) is 0.400. The molecule has 0 aliphatic heterocycles. The van der Waals surface area contributed by atoms with Crippen molar-refractivity contribution in [1.29, 1.82) is 0 Å². The number of likely N-dealkylation sites (N-methyl/N-ethyl adjacent to an activating group) is 1. The number of rotatable bonds is 6. The van der Waals surface area contributed by atoms with Gasteiger partial charge in [-0.3, -0.25) is 0 Å². The van der Waals surface area contributed by atoms with Gasteiger partial charge in [0.1, 0.15) is 0 Å². The van der Waals surface area contributed by atoms with E-state index in [2.05, 4.69) is 6.58 Å². The van der Waals surface area contributed by atoms with Crippen molar-refractivity contribution < 1.29 is 13.5 Å². The van der Waals surface area contributed by atoms with Gasteiger partial charge in [-0.1, -0.05) is 13.0 Å². The van der Waals surface area contributed by atoms with Gasteiger partial charge in [-0.2, -0.15) is 4.31 Å². The predicted molar refractivity (Wildman–Crippen MR) is 64.9 cm³/mol. The quantitative estimate of drug-likeness (QED) is 0.788. The smallest absolute Gasteiger partial charge is 0.244 e. The van der Waals surface area contributed by atoms with Gasteiger partial charge in [-0.05, 0) is 11.4 Å². The van der Waals surface area contributed by atoms with E-state index in [0.29, 0.717) is 11.4 Å². The Hall–Kier alpha value is -0.690. The second-order valence-corrected chi connectivity index (χ2v) is 6.02. The molecule has 0 saturated carbocycles. The van der Waals surface area contributed by atoms with Crippen LogP contribution in [0, 0.1) is 0 Å². The first-order valence-corrected chi connectivity index (χ1v) is 7.18. The maximum absolute atomic E-state index is 12.2. The van der Waals surface area contributed by atoms with Crippen molar-refractivity contribution in [3.63, 3.8) is 0 Å². The molecule has 1 aromatic rings. The van der Waals surface area contributed by atoms with Gasteiger partial charge in [0.05, 0.1) is 11.5 Å². The molecule has 4 nitrogen and oxygen atoms in total. The number of hydrogen-bond acceptors (Lipinski definition) is 4. The number of aliphatic hydroxyl groups excluding tert-OH is 1. The molecule has 0 radical (unpaired) electrons. The SMILES string of the molecule is C=CCN(CC)S(=O)(=O)c1ccsc1CO. The summed E-state index contributed by atoms with van der Waals surface area (Å²) in [7, 11) is -3.50. The fourth-order valence-electron chi connectivity index (χ4n) is 1.35. The zero-order chi connectivity index (χ0) is 12.2. The van der Waals surface area contributed by atoms with Crippen LogP contribution in [0.1, 0.15) is 11.8 Å². The monoisotopic (exact) mass is 261 g/mol. The van der Waals surface area contributed by atoms with Crippen LogP contribution < -0.4 is 0 Å². The molecule has 90 valence electrons. The second kappa shape index (κ2) is 5.58. The third-order valence-electron chi connectivity index (χ3n) is 2.15. The van der Waals surface area contributed by atoms with Crippen LogP contribution in [0.3, 0.4) is 0 Å². The highest BCUT2D eigenvalue weighted by Crippen LogP contribution is 2.24. The maximum atomic E-state index is 12.2. The van der Waals surface area contributed by atoms with Gasteiger partial charge in [0, 0.05) is 18.0 Å². The minimum absolute atomic E-state index is 0.198. The summed E-state index contributed by atoms with van der Waals surface area (Å²) in [6.07, 6.45) is 1.55. The van der Waals surface area contributed by atoms with Crippen molar-refractivity contribution in [2.75, 3.05) is 13.1 Å². The molecule has 0 bridgehead atoms. The summed E-state index contributed by atoms with van der Waals surface area (Å²) in [6, 6.07) is 1.53. The van der Waals surface area contributed by atoms with Crippen LogP contribution in [0.25, 0.3) is 0 Å². The molecule has 16 heavy (non-hydrogen) atoms. The van der Waals surface area contributed by atoms with Gasteiger partial charge in [-0.25, -0.2) is 8.42 Å². The highest BCUT2D eigenvalue weighted by Gasteiger charge is 2.25. The molecule has 0 amide bonds. The van der Waals surface area contributed by atoms with Crippen LogP contribution in [0.2, 0.25) is 0 Å². The largest absolute Gasteiger partial charge is 0.391 e. The van der Waals surface area contributed by atoms with Crippen LogP contribution in [0.5, 0.6) is 0 Å². The topological polar surface area (TPSA) is 57.6 Å². The molecule has 0 atom stereocenters. The third-order valence-corrected chi connectivity index (χ3v) is 5.21. The lowest BCUT2D eigenvalue weighted by Gasteiger charge is -2.18. The van der Waals surface area contributed by atoms with Crippen LogP contribution >= 0.6 is 11.3 Å². The Morgan fingerprint density at radius 3 is 2.81 bits per heavy atom. The molecule has 0 fully saturated rings. The summed E-state index contributed by atoms with van der Waals surface area (Å²) in [5.74, 6) is 0. The van der Waals surface area contributed by atoms with Crippen molar-refractivity contribution in [2.45, 2.75) is 18.4 Å². The fourth-order valence-corrected chi connectivity index (χ4v) is 4.04. The number of sulfonamides is 1. The van der Waals surface area contributed by atoms with E-state index in [4.69, 9.17) is 5.11 Å². The third kappa shape index (κ3) is 2.52. The number of nitrogens with zero attached hydrogens (tertiary/aromatic N) is 1. The molecule has 0 aromatic carbocycles. The van der Waals surface area contributed by atoms with Gasteiger partial charge in [0.25, 0.3) is 0 Å². The van der Waals surface area contributed by atoms with Crippen LogP contribution in [0.15, 0.2) is 29.0 Å². The lowest BCUT2D eigenvalue weighted by molar-refractivity contribution is 0.282. The summed E-state index contributed by atoms with van der Waals surface area (Å²) < 4.78 is 25.7. The summed E-state index contributed by atoms with van der Waals surface area (Å²) in [5, 5.41) is 10.7. The van der Waals surface area contributed by atoms with Crippen LogP contribution in [-0.4, -0.2) is 30.9 Å². The second-order valence-electron chi connectivity index (χ2n) is 3.11. The Morgan fingerprint density at radius 1 is 1.62 bits per heavy atom. The van der Waals surface area contributed by atoms with E-state index >= 15 is 0 Å². The van der Waals surface area contributed by atoms with Gasteiger partial charge in [0.15, 0.2) is 0 Å². The maximum Gasteiger partial charge on any atom is 0.244 e. The molecule has 0 unspecified atom stereocenters. The molecule has 0 spiro atoms. The molecule has 1 rings (SSSR count). The van der Waals surface area contributed by atoms with Gasteiger partial charge in [-0.15, -0.1) is 17.9 Å². The van der Waals surface area contributed by atoms with E-state index < -0.39 is 10.0 Å². The van der Waals surface area contributed by atoms with Crippen molar-refractivity contribution in [3.8, 4) is 0 Å². The molecule has 0 aliphatic carbocycles. The predicted octanol–water partition coefficient (Wildman–Crippen LogP) is 1.44. The van der Waals surface area contributed by atoms with Crippen molar-refractivity contribution in [1.82, 2.24) is 4.31 Å².